The van der Waals surface area contributed by atoms with Gasteiger partial charge in [-0.25, -0.2) is 9.36 Å². The third-order valence-corrected chi connectivity index (χ3v) is 2.91. The summed E-state index contributed by atoms with van der Waals surface area (Å²) in [6.45, 7) is 0.451. The second kappa shape index (κ2) is 5.58. The molecule has 2 heterocycles. The lowest BCUT2D eigenvalue weighted by Crippen LogP contribution is -2.03. The summed E-state index contributed by atoms with van der Waals surface area (Å²) >= 11 is 0. The molecule has 0 aliphatic rings. The Labute approximate surface area is 120 Å². The van der Waals surface area contributed by atoms with Crippen molar-refractivity contribution in [3.05, 3.63) is 60.2 Å². The Balaban J connectivity index is 1.73. The van der Waals surface area contributed by atoms with Crippen molar-refractivity contribution in [1.29, 1.82) is 0 Å². The van der Waals surface area contributed by atoms with Crippen LogP contribution in [0, 0.1) is 0 Å². The van der Waals surface area contributed by atoms with Crippen LogP contribution in [0.15, 0.2) is 48.8 Å². The Kier molecular flexibility index (Phi) is 3.46. The van der Waals surface area contributed by atoms with Gasteiger partial charge in [0.2, 0.25) is 0 Å². The molecule has 0 unspecified atom stereocenters. The van der Waals surface area contributed by atoms with Gasteiger partial charge in [-0.1, -0.05) is 23.4 Å². The number of carbonyl (C=O) groups is 1. The van der Waals surface area contributed by atoms with Gasteiger partial charge in [-0.3, -0.25) is 4.79 Å². The summed E-state index contributed by atoms with van der Waals surface area (Å²) in [6, 6.07) is 11.7. The average molecular weight is 283 g/mol. The van der Waals surface area contributed by atoms with Crippen molar-refractivity contribution in [2.45, 2.75) is 13.0 Å². The minimum absolute atomic E-state index is 0.127. The van der Waals surface area contributed by atoms with E-state index in [1.165, 1.54) is 0 Å². The molecule has 106 valence electrons. The molecule has 0 aliphatic carbocycles. The molecule has 0 atom stereocenters. The molecular formula is C14H13N5O2. The summed E-state index contributed by atoms with van der Waals surface area (Å²) < 4.78 is 3.36. The molecule has 0 aliphatic heterocycles. The Morgan fingerprint density at radius 3 is 2.71 bits per heavy atom. The molecule has 0 saturated heterocycles. The van der Waals surface area contributed by atoms with Gasteiger partial charge in [0, 0.05) is 12.4 Å². The normalized spacial score (nSPS) is 10.7. The lowest BCUT2D eigenvalue weighted by atomic mass is 10.3. The van der Waals surface area contributed by atoms with Crippen LogP contribution >= 0.6 is 0 Å². The van der Waals surface area contributed by atoms with E-state index >= 15 is 0 Å². The number of carboxylic acids is 1. The molecule has 0 amide bonds. The van der Waals surface area contributed by atoms with E-state index in [4.69, 9.17) is 5.11 Å². The fourth-order valence-electron chi connectivity index (χ4n) is 1.99. The second-order valence-corrected chi connectivity index (χ2v) is 4.57. The Morgan fingerprint density at radius 1 is 1.14 bits per heavy atom. The van der Waals surface area contributed by atoms with Gasteiger partial charge in [0.25, 0.3) is 0 Å². The number of aromatic nitrogens is 5. The lowest BCUT2D eigenvalue weighted by molar-refractivity contribution is -0.136. The maximum atomic E-state index is 10.6. The van der Waals surface area contributed by atoms with Gasteiger partial charge in [0.05, 0.1) is 30.0 Å². The molecule has 7 heteroatoms. The van der Waals surface area contributed by atoms with Gasteiger partial charge in [-0.15, -0.1) is 5.10 Å². The molecule has 2 aromatic heterocycles. The third kappa shape index (κ3) is 3.14. The highest BCUT2D eigenvalue weighted by atomic mass is 16.4. The smallest absolute Gasteiger partial charge is 0.309 e. The van der Waals surface area contributed by atoms with E-state index in [0.717, 1.165) is 11.4 Å². The monoisotopic (exact) mass is 283 g/mol. The van der Waals surface area contributed by atoms with E-state index in [0.29, 0.717) is 12.2 Å². The van der Waals surface area contributed by atoms with Crippen LogP contribution in [-0.2, 0) is 17.8 Å². The van der Waals surface area contributed by atoms with Gasteiger partial charge in [-0.2, -0.15) is 5.10 Å². The summed E-state index contributed by atoms with van der Waals surface area (Å²) in [7, 11) is 0. The molecule has 0 fully saturated rings. The minimum Gasteiger partial charge on any atom is -0.481 e. The molecule has 3 aromatic rings. The van der Waals surface area contributed by atoms with Crippen LogP contribution in [-0.4, -0.2) is 35.9 Å². The molecule has 0 radical (unpaired) electrons. The quantitative estimate of drug-likeness (QED) is 0.759. The molecule has 0 bridgehead atoms. The van der Waals surface area contributed by atoms with E-state index in [1.54, 1.807) is 15.6 Å². The zero-order valence-electron chi connectivity index (χ0n) is 11.1. The van der Waals surface area contributed by atoms with Crippen molar-refractivity contribution >= 4 is 5.97 Å². The van der Waals surface area contributed by atoms with Crippen molar-refractivity contribution in [3.63, 3.8) is 0 Å². The van der Waals surface area contributed by atoms with Crippen molar-refractivity contribution in [2.24, 2.45) is 0 Å². The number of carboxylic acid groups (broad SMARTS) is 1. The summed E-state index contributed by atoms with van der Waals surface area (Å²) in [5.41, 5.74) is 2.24. The van der Waals surface area contributed by atoms with E-state index in [2.05, 4.69) is 15.4 Å². The highest BCUT2D eigenvalue weighted by Crippen LogP contribution is 2.07. The third-order valence-electron chi connectivity index (χ3n) is 2.91. The first-order valence-corrected chi connectivity index (χ1v) is 6.41. The van der Waals surface area contributed by atoms with Gasteiger partial charge in [-0.05, 0) is 18.2 Å². The van der Waals surface area contributed by atoms with Crippen molar-refractivity contribution < 1.29 is 9.90 Å². The molecule has 1 N–H and O–H groups in total. The first-order valence-electron chi connectivity index (χ1n) is 6.41. The van der Waals surface area contributed by atoms with E-state index in [1.807, 2.05) is 42.6 Å². The summed E-state index contributed by atoms with van der Waals surface area (Å²) in [6.07, 6.45) is 3.37. The SMILES string of the molecule is O=C(O)Cc1cn(Cc2ccn(-c3ccccc3)n2)nn1. The van der Waals surface area contributed by atoms with E-state index < -0.39 is 5.97 Å². The predicted molar refractivity (Wildman–Crippen MR) is 74.0 cm³/mol. The van der Waals surface area contributed by atoms with Crippen LogP contribution < -0.4 is 0 Å². The van der Waals surface area contributed by atoms with Crippen LogP contribution in [0.5, 0.6) is 0 Å². The zero-order valence-corrected chi connectivity index (χ0v) is 11.1. The molecule has 21 heavy (non-hydrogen) atoms. The average Bonchev–Trinajstić information content (AvgIpc) is 3.09. The second-order valence-electron chi connectivity index (χ2n) is 4.57. The van der Waals surface area contributed by atoms with E-state index in [9.17, 15) is 4.79 Å². The molecule has 7 nitrogen and oxygen atoms in total. The number of para-hydroxylation sites is 1. The summed E-state index contributed by atoms with van der Waals surface area (Å²) in [5.74, 6) is -0.921. The first-order chi connectivity index (χ1) is 10.2. The largest absolute Gasteiger partial charge is 0.481 e. The highest BCUT2D eigenvalue weighted by Gasteiger charge is 2.07. The number of aliphatic carboxylic acids is 1. The van der Waals surface area contributed by atoms with Crippen molar-refractivity contribution in [3.8, 4) is 5.69 Å². The summed E-state index contributed by atoms with van der Waals surface area (Å²) in [4.78, 5) is 10.6. The number of benzene rings is 1. The Hall–Kier alpha value is -2.96. The van der Waals surface area contributed by atoms with Gasteiger partial charge in [0.1, 0.15) is 0 Å². The molecule has 1 aromatic carbocycles. The van der Waals surface area contributed by atoms with Crippen LogP contribution in [0.3, 0.4) is 0 Å². The maximum absolute atomic E-state index is 10.6. The fourth-order valence-corrected chi connectivity index (χ4v) is 1.99. The van der Waals surface area contributed by atoms with Crippen LogP contribution in [0.25, 0.3) is 5.69 Å². The first kappa shape index (κ1) is 13.0. The van der Waals surface area contributed by atoms with Crippen LogP contribution in [0.4, 0.5) is 0 Å². The number of hydrogen-bond acceptors (Lipinski definition) is 4. The van der Waals surface area contributed by atoms with Crippen LogP contribution in [0.1, 0.15) is 11.4 Å². The molecule has 3 rings (SSSR count). The van der Waals surface area contributed by atoms with E-state index in [-0.39, 0.29) is 6.42 Å². The fraction of sp³-hybridized carbons (Fsp3) is 0.143. The Bertz CT molecular complexity index is 748. The van der Waals surface area contributed by atoms with Gasteiger partial charge < -0.3 is 5.11 Å². The topological polar surface area (TPSA) is 85.8 Å². The predicted octanol–water partition coefficient (Wildman–Crippen LogP) is 1.14. The van der Waals surface area contributed by atoms with Crippen LogP contribution in [0.2, 0.25) is 0 Å². The number of nitrogens with zero attached hydrogens (tertiary/aromatic N) is 5. The molecular weight excluding hydrogens is 270 g/mol. The summed E-state index contributed by atoms with van der Waals surface area (Å²) in [5, 5.41) is 20.9. The number of rotatable bonds is 5. The highest BCUT2D eigenvalue weighted by molar-refractivity contribution is 5.69. The Morgan fingerprint density at radius 2 is 1.95 bits per heavy atom. The number of hydrogen-bond donors (Lipinski definition) is 1. The molecule has 0 spiro atoms. The molecule has 0 saturated carbocycles. The zero-order chi connectivity index (χ0) is 14.7. The van der Waals surface area contributed by atoms with Crippen molar-refractivity contribution in [1.82, 2.24) is 24.8 Å². The lowest BCUT2D eigenvalue weighted by Gasteiger charge is -2.00. The van der Waals surface area contributed by atoms with Gasteiger partial charge in [0.15, 0.2) is 0 Å². The van der Waals surface area contributed by atoms with Crippen molar-refractivity contribution in [2.75, 3.05) is 0 Å². The maximum Gasteiger partial charge on any atom is 0.309 e. The standard InChI is InChI=1S/C14H13N5O2/c20-14(21)8-12-10-18(17-15-12)9-11-6-7-19(16-11)13-4-2-1-3-5-13/h1-7,10H,8-9H2,(H,20,21). The van der Waals surface area contributed by atoms with Gasteiger partial charge >= 0.3 is 5.97 Å². The minimum atomic E-state index is -0.921.